The molecule has 84 valence electrons. The van der Waals surface area contributed by atoms with E-state index in [1.165, 1.54) is 0 Å². The normalized spacial score (nSPS) is 11.0. The molecule has 1 aromatic heterocycles. The molecule has 0 bridgehead atoms. The number of benzene rings is 1. The van der Waals surface area contributed by atoms with Crippen molar-refractivity contribution in [3.05, 3.63) is 39.5 Å². The van der Waals surface area contributed by atoms with E-state index in [-0.39, 0.29) is 0 Å². The highest BCUT2D eigenvalue weighted by Gasteiger charge is 2.08. The number of nitrogens with one attached hydrogen (secondary N) is 1. The van der Waals surface area contributed by atoms with E-state index in [9.17, 15) is 0 Å². The van der Waals surface area contributed by atoms with Crippen LogP contribution in [0.1, 0.15) is 11.3 Å². The molecular formula is C12H12Cl2N2. The predicted molar refractivity (Wildman–Crippen MR) is 69.3 cm³/mol. The fourth-order valence-corrected chi connectivity index (χ4v) is 2.34. The van der Waals surface area contributed by atoms with Gasteiger partial charge >= 0.3 is 0 Å². The third kappa shape index (κ3) is 2.14. The second-order valence-electron chi connectivity index (χ2n) is 3.74. The Kier molecular flexibility index (Phi) is 3.33. The number of hydrogen-bond donors (Lipinski definition) is 1. The fraction of sp³-hybridized carbons (Fsp3) is 0.250. The number of aryl methyl sites for hydroxylation is 1. The summed E-state index contributed by atoms with van der Waals surface area (Å²) in [5.74, 6) is 0. The minimum absolute atomic E-state index is 0.601. The predicted octanol–water partition coefficient (Wildman–Crippen LogP) is 3.57. The van der Waals surface area contributed by atoms with Gasteiger partial charge < -0.3 is 5.32 Å². The van der Waals surface area contributed by atoms with Crippen molar-refractivity contribution in [3.63, 3.8) is 0 Å². The molecule has 2 nitrogen and oxygen atoms in total. The zero-order chi connectivity index (χ0) is 11.7. The van der Waals surface area contributed by atoms with Crippen LogP contribution in [0.25, 0.3) is 10.9 Å². The highest BCUT2D eigenvalue weighted by molar-refractivity contribution is 6.38. The minimum atomic E-state index is 0.601. The zero-order valence-corrected chi connectivity index (χ0v) is 10.7. The molecule has 0 amide bonds. The Morgan fingerprint density at radius 2 is 2.00 bits per heavy atom. The van der Waals surface area contributed by atoms with Crippen molar-refractivity contribution in [1.82, 2.24) is 10.3 Å². The summed E-state index contributed by atoms with van der Waals surface area (Å²) >= 11 is 12.1. The van der Waals surface area contributed by atoms with E-state index in [4.69, 9.17) is 23.2 Å². The summed E-state index contributed by atoms with van der Waals surface area (Å²) in [6, 6.07) is 5.68. The van der Waals surface area contributed by atoms with Gasteiger partial charge in [0.2, 0.25) is 0 Å². The second kappa shape index (κ2) is 4.58. The largest absolute Gasteiger partial charge is 0.316 e. The fourth-order valence-electron chi connectivity index (χ4n) is 1.80. The van der Waals surface area contributed by atoms with Gasteiger partial charge in [0.1, 0.15) is 0 Å². The molecule has 0 radical (unpaired) electrons. The lowest BCUT2D eigenvalue weighted by Crippen LogP contribution is -2.06. The van der Waals surface area contributed by atoms with Crippen molar-refractivity contribution in [1.29, 1.82) is 0 Å². The Hall–Kier alpha value is -0.830. The standard InChI is InChI=1S/C12H12Cl2N2/c1-7-3-8(6-15-2)10-4-9(13)5-11(14)12(10)16-7/h3-5,15H,6H2,1-2H3. The van der Waals surface area contributed by atoms with E-state index < -0.39 is 0 Å². The smallest absolute Gasteiger partial charge is 0.0895 e. The molecule has 0 aliphatic rings. The number of halogens is 2. The van der Waals surface area contributed by atoms with Crippen molar-refractivity contribution >= 4 is 34.1 Å². The van der Waals surface area contributed by atoms with E-state index in [1.54, 1.807) is 6.07 Å². The average molecular weight is 255 g/mol. The first-order valence-corrected chi connectivity index (χ1v) is 5.77. The number of nitrogens with zero attached hydrogens (tertiary/aromatic N) is 1. The molecule has 1 heterocycles. The topological polar surface area (TPSA) is 24.9 Å². The quantitative estimate of drug-likeness (QED) is 0.887. The lowest BCUT2D eigenvalue weighted by Gasteiger charge is -2.09. The number of rotatable bonds is 2. The van der Waals surface area contributed by atoms with Gasteiger partial charge in [-0.2, -0.15) is 0 Å². The second-order valence-corrected chi connectivity index (χ2v) is 4.58. The monoisotopic (exact) mass is 254 g/mol. The molecular weight excluding hydrogens is 243 g/mol. The molecule has 4 heteroatoms. The highest BCUT2D eigenvalue weighted by Crippen LogP contribution is 2.29. The van der Waals surface area contributed by atoms with Crippen LogP contribution in [0.4, 0.5) is 0 Å². The summed E-state index contributed by atoms with van der Waals surface area (Å²) in [5, 5.41) is 5.38. The third-order valence-electron chi connectivity index (χ3n) is 2.41. The Morgan fingerprint density at radius 1 is 1.25 bits per heavy atom. The van der Waals surface area contributed by atoms with Crippen LogP contribution in [0.5, 0.6) is 0 Å². The van der Waals surface area contributed by atoms with Gasteiger partial charge in [-0.15, -0.1) is 0 Å². The van der Waals surface area contributed by atoms with Crippen molar-refractivity contribution in [2.24, 2.45) is 0 Å². The van der Waals surface area contributed by atoms with Gasteiger partial charge in [0.05, 0.1) is 10.5 Å². The van der Waals surface area contributed by atoms with Gasteiger partial charge in [0.15, 0.2) is 0 Å². The Morgan fingerprint density at radius 3 is 2.69 bits per heavy atom. The average Bonchev–Trinajstić information content (AvgIpc) is 2.20. The Balaban J connectivity index is 2.78. The summed E-state index contributed by atoms with van der Waals surface area (Å²) in [6.45, 7) is 2.74. The van der Waals surface area contributed by atoms with E-state index in [0.717, 1.165) is 28.7 Å². The molecule has 0 fully saturated rings. The molecule has 0 unspecified atom stereocenters. The highest BCUT2D eigenvalue weighted by atomic mass is 35.5. The van der Waals surface area contributed by atoms with Gasteiger partial charge in [0, 0.05) is 22.6 Å². The maximum atomic E-state index is 6.14. The van der Waals surface area contributed by atoms with E-state index >= 15 is 0 Å². The van der Waals surface area contributed by atoms with Crippen LogP contribution in [0.2, 0.25) is 10.0 Å². The molecule has 0 aliphatic heterocycles. The van der Waals surface area contributed by atoms with Crippen LogP contribution in [-0.4, -0.2) is 12.0 Å². The Labute approximate surface area is 105 Å². The van der Waals surface area contributed by atoms with Crippen molar-refractivity contribution in [3.8, 4) is 0 Å². The summed E-state index contributed by atoms with van der Waals surface area (Å²) in [4.78, 5) is 4.44. The molecule has 0 aliphatic carbocycles. The van der Waals surface area contributed by atoms with Crippen LogP contribution >= 0.6 is 23.2 Å². The molecule has 2 rings (SSSR count). The SMILES string of the molecule is CNCc1cc(C)nc2c(Cl)cc(Cl)cc12. The summed E-state index contributed by atoms with van der Waals surface area (Å²) in [5.41, 5.74) is 2.94. The van der Waals surface area contributed by atoms with Crippen molar-refractivity contribution in [2.75, 3.05) is 7.05 Å². The Bertz CT molecular complexity index is 538. The molecule has 1 N–H and O–H groups in total. The molecule has 1 aromatic carbocycles. The van der Waals surface area contributed by atoms with E-state index in [1.807, 2.05) is 26.1 Å². The first-order valence-electron chi connectivity index (χ1n) is 5.01. The molecule has 16 heavy (non-hydrogen) atoms. The molecule has 0 saturated heterocycles. The van der Waals surface area contributed by atoms with Crippen LogP contribution in [0.15, 0.2) is 18.2 Å². The lowest BCUT2D eigenvalue weighted by atomic mass is 10.1. The van der Waals surface area contributed by atoms with Gasteiger partial charge in [0.25, 0.3) is 0 Å². The van der Waals surface area contributed by atoms with E-state index in [2.05, 4.69) is 10.3 Å². The number of pyridine rings is 1. The van der Waals surface area contributed by atoms with E-state index in [0.29, 0.717) is 10.0 Å². The summed E-state index contributed by atoms with van der Waals surface area (Å²) in [6.07, 6.45) is 0. The van der Waals surface area contributed by atoms with Crippen molar-refractivity contribution < 1.29 is 0 Å². The summed E-state index contributed by atoms with van der Waals surface area (Å²) < 4.78 is 0. The number of hydrogen-bond acceptors (Lipinski definition) is 2. The maximum absolute atomic E-state index is 6.14. The van der Waals surface area contributed by atoms with Gasteiger partial charge in [-0.3, -0.25) is 4.98 Å². The number of aromatic nitrogens is 1. The minimum Gasteiger partial charge on any atom is -0.316 e. The van der Waals surface area contributed by atoms with Crippen LogP contribution in [0.3, 0.4) is 0 Å². The lowest BCUT2D eigenvalue weighted by molar-refractivity contribution is 0.821. The third-order valence-corrected chi connectivity index (χ3v) is 2.92. The molecule has 0 spiro atoms. The molecule has 2 aromatic rings. The van der Waals surface area contributed by atoms with Crippen LogP contribution < -0.4 is 5.32 Å². The van der Waals surface area contributed by atoms with Gasteiger partial charge in [-0.05, 0) is 37.7 Å². The van der Waals surface area contributed by atoms with Crippen LogP contribution in [-0.2, 0) is 6.54 Å². The molecule has 0 saturated carbocycles. The van der Waals surface area contributed by atoms with Crippen molar-refractivity contribution in [2.45, 2.75) is 13.5 Å². The molecule has 0 atom stereocenters. The van der Waals surface area contributed by atoms with Crippen LogP contribution in [0, 0.1) is 6.92 Å². The first kappa shape index (κ1) is 11.6. The maximum Gasteiger partial charge on any atom is 0.0895 e. The summed E-state index contributed by atoms with van der Waals surface area (Å²) in [7, 11) is 1.91. The zero-order valence-electron chi connectivity index (χ0n) is 9.14. The van der Waals surface area contributed by atoms with Gasteiger partial charge in [-0.25, -0.2) is 0 Å². The first-order chi connectivity index (χ1) is 7.61. The van der Waals surface area contributed by atoms with Gasteiger partial charge in [-0.1, -0.05) is 23.2 Å². The number of fused-ring (bicyclic) bond motifs is 1.